The van der Waals surface area contributed by atoms with Gasteiger partial charge in [0, 0.05) is 18.0 Å². The molecule has 0 aliphatic heterocycles. The summed E-state index contributed by atoms with van der Waals surface area (Å²) in [5, 5.41) is 8.90. The Morgan fingerprint density at radius 2 is 2.18 bits per heavy atom. The van der Waals surface area contributed by atoms with Crippen LogP contribution in [-0.4, -0.2) is 42.7 Å². The molecular weight excluding hydrogens is 270 g/mol. The van der Waals surface area contributed by atoms with Crippen LogP contribution < -0.4 is 5.73 Å². The third-order valence-electron chi connectivity index (χ3n) is 2.35. The van der Waals surface area contributed by atoms with Crippen molar-refractivity contribution in [2.45, 2.75) is 12.5 Å². The molecule has 0 aromatic carbocycles. The van der Waals surface area contributed by atoms with E-state index in [1.807, 2.05) is 0 Å². The Kier molecular flexibility index (Phi) is 6.29. The van der Waals surface area contributed by atoms with Crippen LogP contribution in [0.5, 0.6) is 0 Å². The molecule has 0 amide bonds. The minimum atomic E-state index is -2.45. The molecule has 1 aromatic rings. The van der Waals surface area contributed by atoms with Gasteiger partial charge in [-0.1, -0.05) is 11.6 Å². The molecule has 98 valence electrons. The van der Waals surface area contributed by atoms with Gasteiger partial charge in [0.2, 0.25) is 0 Å². The first kappa shape index (κ1) is 14.8. The standard InChI is InChI=1S/C10H15ClF2N2OS/c11-9-2-1-8(17-9)7(5-14)15(3-4-16)6-10(12)13/h1-2,7,10,16H,3-6,14H2. The van der Waals surface area contributed by atoms with Gasteiger partial charge in [-0.05, 0) is 12.1 Å². The summed E-state index contributed by atoms with van der Waals surface area (Å²) in [5.41, 5.74) is 5.62. The molecule has 7 heteroatoms. The van der Waals surface area contributed by atoms with E-state index in [1.54, 1.807) is 12.1 Å². The predicted octanol–water partition coefficient (Wildman–Crippen LogP) is 1.96. The Hall–Kier alpha value is -0.270. The van der Waals surface area contributed by atoms with Crippen molar-refractivity contribution in [1.82, 2.24) is 4.90 Å². The monoisotopic (exact) mass is 284 g/mol. The van der Waals surface area contributed by atoms with E-state index in [0.29, 0.717) is 4.34 Å². The smallest absolute Gasteiger partial charge is 0.251 e. The molecule has 1 unspecified atom stereocenters. The Bertz CT molecular complexity index is 338. The van der Waals surface area contributed by atoms with E-state index in [9.17, 15) is 8.78 Å². The lowest BCUT2D eigenvalue weighted by molar-refractivity contribution is 0.0570. The second kappa shape index (κ2) is 7.23. The number of rotatable bonds is 7. The van der Waals surface area contributed by atoms with Crippen molar-refractivity contribution in [2.75, 3.05) is 26.2 Å². The van der Waals surface area contributed by atoms with E-state index < -0.39 is 13.0 Å². The van der Waals surface area contributed by atoms with Crippen molar-refractivity contribution in [3.8, 4) is 0 Å². The number of hydrogen-bond donors (Lipinski definition) is 2. The number of nitrogens with two attached hydrogens (primary N) is 1. The summed E-state index contributed by atoms with van der Waals surface area (Å²) in [5.74, 6) is 0. The van der Waals surface area contributed by atoms with Crippen LogP contribution >= 0.6 is 22.9 Å². The van der Waals surface area contributed by atoms with Crippen molar-refractivity contribution < 1.29 is 13.9 Å². The number of nitrogens with zero attached hydrogens (tertiary/aromatic N) is 1. The molecular formula is C10H15ClF2N2OS. The van der Waals surface area contributed by atoms with Gasteiger partial charge < -0.3 is 10.8 Å². The molecule has 0 saturated heterocycles. The zero-order valence-electron chi connectivity index (χ0n) is 9.15. The lowest BCUT2D eigenvalue weighted by Crippen LogP contribution is -2.38. The summed E-state index contributed by atoms with van der Waals surface area (Å²) < 4.78 is 25.5. The topological polar surface area (TPSA) is 49.5 Å². The van der Waals surface area contributed by atoms with E-state index >= 15 is 0 Å². The second-order valence-electron chi connectivity index (χ2n) is 3.50. The number of halogens is 3. The molecule has 1 rings (SSSR count). The van der Waals surface area contributed by atoms with E-state index in [4.69, 9.17) is 22.4 Å². The fourth-order valence-electron chi connectivity index (χ4n) is 1.63. The molecule has 0 saturated carbocycles. The van der Waals surface area contributed by atoms with E-state index in [-0.39, 0.29) is 25.7 Å². The maximum absolute atomic E-state index is 12.4. The number of hydrogen-bond acceptors (Lipinski definition) is 4. The average Bonchev–Trinajstić information content (AvgIpc) is 2.65. The van der Waals surface area contributed by atoms with E-state index in [2.05, 4.69) is 0 Å². The summed E-state index contributed by atoms with van der Waals surface area (Å²) in [6.07, 6.45) is -2.45. The maximum Gasteiger partial charge on any atom is 0.251 e. The maximum atomic E-state index is 12.4. The number of aliphatic hydroxyl groups is 1. The lowest BCUT2D eigenvalue weighted by atomic mass is 10.2. The molecule has 17 heavy (non-hydrogen) atoms. The largest absolute Gasteiger partial charge is 0.395 e. The van der Waals surface area contributed by atoms with Gasteiger partial charge in [-0.2, -0.15) is 0 Å². The van der Waals surface area contributed by atoms with Crippen LogP contribution in [0.4, 0.5) is 8.78 Å². The highest BCUT2D eigenvalue weighted by Gasteiger charge is 2.23. The third kappa shape index (κ3) is 4.48. The van der Waals surface area contributed by atoms with Gasteiger partial charge in [0.25, 0.3) is 6.43 Å². The molecule has 0 aliphatic carbocycles. The van der Waals surface area contributed by atoms with Crippen molar-refractivity contribution in [3.63, 3.8) is 0 Å². The molecule has 1 heterocycles. The molecule has 3 N–H and O–H groups in total. The summed E-state index contributed by atoms with van der Waals surface area (Å²) in [7, 11) is 0. The van der Waals surface area contributed by atoms with Gasteiger partial charge in [0.1, 0.15) is 0 Å². The molecule has 1 aromatic heterocycles. The van der Waals surface area contributed by atoms with Crippen LogP contribution in [0.15, 0.2) is 12.1 Å². The van der Waals surface area contributed by atoms with Crippen molar-refractivity contribution in [2.24, 2.45) is 5.73 Å². The summed E-state index contributed by atoms with van der Waals surface area (Å²) >= 11 is 7.13. The SMILES string of the molecule is NCC(c1ccc(Cl)s1)N(CCO)CC(F)F. The summed E-state index contributed by atoms with van der Waals surface area (Å²) in [4.78, 5) is 2.32. The molecule has 1 atom stereocenters. The van der Waals surface area contributed by atoms with Gasteiger partial charge in [-0.3, -0.25) is 4.90 Å². The second-order valence-corrected chi connectivity index (χ2v) is 5.25. The van der Waals surface area contributed by atoms with E-state index in [1.165, 1.54) is 16.2 Å². The van der Waals surface area contributed by atoms with Crippen molar-refractivity contribution in [3.05, 3.63) is 21.3 Å². The summed E-state index contributed by atoms with van der Waals surface area (Å²) in [6.45, 7) is -0.203. The van der Waals surface area contributed by atoms with Gasteiger partial charge in [-0.15, -0.1) is 11.3 Å². The Labute approximate surface area is 108 Å². The molecule has 3 nitrogen and oxygen atoms in total. The average molecular weight is 285 g/mol. The quantitative estimate of drug-likeness (QED) is 0.805. The van der Waals surface area contributed by atoms with Gasteiger partial charge in [0.05, 0.1) is 23.5 Å². The first-order valence-corrected chi connectivity index (χ1v) is 6.36. The van der Waals surface area contributed by atoms with Crippen LogP contribution in [0.3, 0.4) is 0 Å². The van der Waals surface area contributed by atoms with Gasteiger partial charge >= 0.3 is 0 Å². The van der Waals surface area contributed by atoms with Crippen LogP contribution in [0.1, 0.15) is 10.9 Å². The van der Waals surface area contributed by atoms with E-state index in [0.717, 1.165) is 4.88 Å². The minimum Gasteiger partial charge on any atom is -0.395 e. The zero-order valence-corrected chi connectivity index (χ0v) is 10.7. The molecule has 0 fully saturated rings. The molecule has 0 aliphatic rings. The Morgan fingerprint density at radius 3 is 2.59 bits per heavy atom. The Balaban J connectivity index is 2.80. The highest BCUT2D eigenvalue weighted by atomic mass is 35.5. The number of alkyl halides is 2. The highest BCUT2D eigenvalue weighted by Crippen LogP contribution is 2.30. The van der Waals surface area contributed by atoms with Crippen LogP contribution in [0.25, 0.3) is 0 Å². The fraction of sp³-hybridized carbons (Fsp3) is 0.600. The fourth-order valence-corrected chi connectivity index (χ4v) is 2.84. The van der Waals surface area contributed by atoms with Crippen LogP contribution in [0.2, 0.25) is 4.34 Å². The van der Waals surface area contributed by atoms with Gasteiger partial charge in [-0.25, -0.2) is 8.78 Å². The van der Waals surface area contributed by atoms with Gasteiger partial charge in [0.15, 0.2) is 0 Å². The number of thiophene rings is 1. The highest BCUT2D eigenvalue weighted by molar-refractivity contribution is 7.16. The van der Waals surface area contributed by atoms with Crippen LogP contribution in [0, 0.1) is 0 Å². The lowest BCUT2D eigenvalue weighted by Gasteiger charge is -2.29. The Morgan fingerprint density at radius 1 is 1.47 bits per heavy atom. The zero-order chi connectivity index (χ0) is 12.8. The summed E-state index contributed by atoms with van der Waals surface area (Å²) in [6, 6.07) is 3.16. The van der Waals surface area contributed by atoms with Crippen molar-refractivity contribution in [1.29, 1.82) is 0 Å². The van der Waals surface area contributed by atoms with Crippen molar-refractivity contribution >= 4 is 22.9 Å². The molecule has 0 radical (unpaired) electrons. The predicted molar refractivity (Wildman–Crippen MR) is 65.8 cm³/mol. The minimum absolute atomic E-state index is 0.168. The molecule has 0 bridgehead atoms. The first-order valence-electron chi connectivity index (χ1n) is 5.16. The molecule has 0 spiro atoms. The first-order chi connectivity index (χ1) is 8.08. The number of aliphatic hydroxyl groups excluding tert-OH is 1. The van der Waals surface area contributed by atoms with Crippen LogP contribution in [-0.2, 0) is 0 Å². The normalized spacial score (nSPS) is 13.6. The third-order valence-corrected chi connectivity index (χ3v) is 3.68.